The van der Waals surface area contributed by atoms with Crippen LogP contribution in [0.4, 0.5) is 4.39 Å². The lowest BCUT2D eigenvalue weighted by atomic mass is 10.2. The first-order valence-corrected chi connectivity index (χ1v) is 7.18. The molecule has 5 nitrogen and oxygen atoms in total. The van der Waals surface area contributed by atoms with Gasteiger partial charge in [-0.05, 0) is 31.0 Å². The van der Waals surface area contributed by atoms with E-state index in [1.165, 1.54) is 0 Å². The van der Waals surface area contributed by atoms with Crippen molar-refractivity contribution in [2.24, 2.45) is 0 Å². The molecule has 0 aliphatic heterocycles. The van der Waals surface area contributed by atoms with E-state index in [4.69, 9.17) is 10.00 Å². The van der Waals surface area contributed by atoms with Crippen LogP contribution in [0.5, 0.6) is 0 Å². The number of hydrogen-bond acceptors (Lipinski definition) is 4. The number of halogens is 1. The Bertz CT molecular complexity index is 567. The molecule has 0 atom stereocenters. The van der Waals surface area contributed by atoms with Crippen molar-refractivity contribution in [3.8, 4) is 6.07 Å². The van der Waals surface area contributed by atoms with Crippen LogP contribution >= 0.6 is 0 Å². The second-order valence-corrected chi connectivity index (χ2v) is 5.62. The number of nitriles is 1. The van der Waals surface area contributed by atoms with Gasteiger partial charge in [-0.3, -0.25) is 0 Å². The van der Waals surface area contributed by atoms with Crippen molar-refractivity contribution in [3.05, 3.63) is 29.6 Å². The Balaban J connectivity index is 2.70. The molecule has 1 N–H and O–H groups in total. The number of methoxy groups -OCH3 is 1. The van der Waals surface area contributed by atoms with E-state index in [0.29, 0.717) is 13.0 Å². The minimum absolute atomic E-state index is 0.114. The third-order valence-corrected chi connectivity index (χ3v) is 3.89. The Morgan fingerprint density at radius 2 is 2.16 bits per heavy atom. The first kappa shape index (κ1) is 15.6. The van der Waals surface area contributed by atoms with Gasteiger partial charge in [-0.1, -0.05) is 0 Å². The van der Waals surface area contributed by atoms with Gasteiger partial charge in [0.15, 0.2) is 0 Å². The maximum atomic E-state index is 13.1. The summed E-state index contributed by atoms with van der Waals surface area (Å²) in [6.45, 7) is 0.835. The highest BCUT2D eigenvalue weighted by molar-refractivity contribution is 7.89. The monoisotopic (exact) mass is 286 g/mol. The molecule has 0 spiro atoms. The molecule has 0 aliphatic carbocycles. The van der Waals surface area contributed by atoms with Gasteiger partial charge in [0.2, 0.25) is 10.0 Å². The third-order valence-electron chi connectivity index (χ3n) is 2.44. The van der Waals surface area contributed by atoms with E-state index in [0.717, 1.165) is 24.6 Å². The Labute approximate surface area is 112 Å². The van der Waals surface area contributed by atoms with E-state index in [9.17, 15) is 12.8 Å². The van der Waals surface area contributed by atoms with Gasteiger partial charge in [0.1, 0.15) is 11.9 Å². The number of unbranched alkanes of at least 4 members (excludes halogenated alkanes) is 1. The van der Waals surface area contributed by atoms with Crippen molar-refractivity contribution >= 4 is 10.0 Å². The van der Waals surface area contributed by atoms with Gasteiger partial charge < -0.3 is 4.74 Å². The van der Waals surface area contributed by atoms with Crippen molar-refractivity contribution < 1.29 is 17.5 Å². The number of hydrogen-bond donors (Lipinski definition) is 1. The molecule has 0 aromatic heterocycles. The summed E-state index contributed by atoms with van der Waals surface area (Å²) in [5, 5.41) is 8.66. The average molecular weight is 286 g/mol. The van der Waals surface area contributed by atoms with E-state index in [2.05, 4.69) is 4.72 Å². The minimum Gasteiger partial charge on any atom is -0.385 e. The highest BCUT2D eigenvalue weighted by Gasteiger charge is 2.15. The lowest BCUT2D eigenvalue weighted by Gasteiger charge is -2.07. The second-order valence-electron chi connectivity index (χ2n) is 3.85. The molecule has 1 aromatic rings. The van der Waals surface area contributed by atoms with Gasteiger partial charge in [0, 0.05) is 20.3 Å². The van der Waals surface area contributed by atoms with Crippen LogP contribution in [0.3, 0.4) is 0 Å². The van der Waals surface area contributed by atoms with Gasteiger partial charge in [-0.2, -0.15) is 5.26 Å². The first-order valence-electron chi connectivity index (χ1n) is 5.69. The number of ether oxygens (including phenoxy) is 1. The molecule has 0 saturated heterocycles. The van der Waals surface area contributed by atoms with E-state index in [-0.39, 0.29) is 17.0 Å². The summed E-state index contributed by atoms with van der Waals surface area (Å²) < 4.78 is 44.1. The van der Waals surface area contributed by atoms with Crippen LogP contribution < -0.4 is 4.72 Å². The fourth-order valence-corrected chi connectivity index (χ4v) is 2.52. The zero-order chi connectivity index (χ0) is 14.3. The van der Waals surface area contributed by atoms with Crippen molar-refractivity contribution in [2.75, 3.05) is 20.3 Å². The van der Waals surface area contributed by atoms with Crippen molar-refractivity contribution in [1.29, 1.82) is 5.26 Å². The second kappa shape index (κ2) is 7.19. The van der Waals surface area contributed by atoms with E-state index in [1.54, 1.807) is 13.2 Å². The summed E-state index contributed by atoms with van der Waals surface area (Å²) in [4.78, 5) is -0.114. The van der Waals surface area contributed by atoms with Gasteiger partial charge >= 0.3 is 0 Å². The quantitative estimate of drug-likeness (QED) is 0.768. The fourth-order valence-electron chi connectivity index (χ4n) is 1.42. The van der Waals surface area contributed by atoms with E-state index >= 15 is 0 Å². The molecule has 0 heterocycles. The molecule has 1 aromatic carbocycles. The SMILES string of the molecule is COCCCCNS(=O)(=O)c1ccc(F)c(C#N)c1. The molecule has 0 amide bonds. The van der Waals surface area contributed by atoms with Crippen LogP contribution in [0, 0.1) is 17.1 Å². The van der Waals surface area contributed by atoms with Crippen LogP contribution in [-0.2, 0) is 14.8 Å². The summed E-state index contributed by atoms with van der Waals surface area (Å²) in [6.07, 6.45) is 1.38. The molecule has 0 fully saturated rings. The maximum absolute atomic E-state index is 13.1. The van der Waals surface area contributed by atoms with Crippen molar-refractivity contribution in [2.45, 2.75) is 17.7 Å². The number of benzene rings is 1. The maximum Gasteiger partial charge on any atom is 0.240 e. The predicted octanol–water partition coefficient (Wildman–Crippen LogP) is 1.40. The molecule has 0 unspecified atom stereocenters. The number of sulfonamides is 1. The van der Waals surface area contributed by atoms with Crippen LogP contribution in [0.25, 0.3) is 0 Å². The van der Waals surface area contributed by atoms with Gasteiger partial charge in [-0.15, -0.1) is 0 Å². The smallest absolute Gasteiger partial charge is 0.240 e. The molecule has 7 heteroatoms. The van der Waals surface area contributed by atoms with E-state index in [1.807, 2.05) is 0 Å². The molecular formula is C12H15FN2O3S. The summed E-state index contributed by atoms with van der Waals surface area (Å²) in [5.74, 6) is -0.735. The van der Waals surface area contributed by atoms with Crippen LogP contribution in [0.2, 0.25) is 0 Å². The first-order chi connectivity index (χ1) is 9.01. The van der Waals surface area contributed by atoms with Crippen molar-refractivity contribution in [3.63, 3.8) is 0 Å². The summed E-state index contributed by atoms with van der Waals surface area (Å²) in [5.41, 5.74) is -0.290. The molecule has 19 heavy (non-hydrogen) atoms. The highest BCUT2D eigenvalue weighted by Crippen LogP contribution is 2.14. The minimum atomic E-state index is -3.71. The molecular weight excluding hydrogens is 271 g/mol. The molecule has 0 saturated carbocycles. The average Bonchev–Trinajstić information content (AvgIpc) is 2.38. The Kier molecular flexibility index (Phi) is 5.89. The van der Waals surface area contributed by atoms with Gasteiger partial charge in [0.05, 0.1) is 10.5 Å². The van der Waals surface area contributed by atoms with Crippen LogP contribution in [0.1, 0.15) is 18.4 Å². The Morgan fingerprint density at radius 1 is 1.42 bits per heavy atom. The lowest BCUT2D eigenvalue weighted by molar-refractivity contribution is 0.193. The molecule has 1 rings (SSSR count). The van der Waals surface area contributed by atoms with Crippen molar-refractivity contribution in [1.82, 2.24) is 4.72 Å². The van der Waals surface area contributed by atoms with E-state index < -0.39 is 15.8 Å². The molecule has 104 valence electrons. The number of nitrogens with one attached hydrogen (secondary N) is 1. The molecule has 0 aliphatic rings. The third kappa shape index (κ3) is 4.59. The fraction of sp³-hybridized carbons (Fsp3) is 0.417. The van der Waals surface area contributed by atoms with Crippen LogP contribution in [-0.4, -0.2) is 28.7 Å². The normalized spacial score (nSPS) is 11.2. The van der Waals surface area contributed by atoms with Gasteiger partial charge in [-0.25, -0.2) is 17.5 Å². The molecule has 0 radical (unpaired) electrons. The summed E-state index contributed by atoms with van der Waals surface area (Å²) >= 11 is 0. The van der Waals surface area contributed by atoms with Gasteiger partial charge in [0.25, 0.3) is 0 Å². The Morgan fingerprint density at radius 3 is 2.79 bits per heavy atom. The highest BCUT2D eigenvalue weighted by atomic mass is 32.2. The number of nitrogens with zero attached hydrogens (tertiary/aromatic N) is 1. The zero-order valence-corrected chi connectivity index (χ0v) is 11.3. The number of rotatable bonds is 7. The largest absolute Gasteiger partial charge is 0.385 e. The summed E-state index contributed by atoms with van der Waals surface area (Å²) in [6, 6.07) is 4.73. The predicted molar refractivity (Wildman–Crippen MR) is 67.4 cm³/mol. The lowest BCUT2D eigenvalue weighted by Crippen LogP contribution is -2.25. The Hall–Kier alpha value is -1.49. The molecule has 0 bridgehead atoms. The summed E-state index contributed by atoms with van der Waals surface area (Å²) in [7, 11) is -2.13. The topological polar surface area (TPSA) is 79.2 Å². The van der Waals surface area contributed by atoms with Crippen LogP contribution in [0.15, 0.2) is 23.1 Å². The zero-order valence-electron chi connectivity index (χ0n) is 10.5. The standard InChI is InChI=1S/C12H15FN2O3S/c1-18-7-3-2-6-15-19(16,17)11-4-5-12(13)10(8-11)9-14/h4-5,8,15H,2-3,6-7H2,1H3.